The van der Waals surface area contributed by atoms with Crippen LogP contribution in [-0.2, 0) is 4.79 Å². The topological polar surface area (TPSA) is 69.6 Å². The van der Waals surface area contributed by atoms with Gasteiger partial charge >= 0.3 is 0 Å². The highest BCUT2D eigenvalue weighted by molar-refractivity contribution is 5.76. The van der Waals surface area contributed by atoms with Crippen LogP contribution in [0.1, 0.15) is 341 Å². The minimum atomic E-state index is -0.875. The van der Waals surface area contributed by atoms with Gasteiger partial charge in [0.2, 0.25) is 5.91 Å². The first kappa shape index (κ1) is 74.3. The largest absolute Gasteiger partial charge is 0.394 e. The normalized spacial score (nSPS) is 13.4. The lowest BCUT2D eigenvalue weighted by Gasteiger charge is -2.19. The third kappa shape index (κ3) is 64.0. The molecule has 4 nitrogen and oxygen atoms in total. The van der Waals surface area contributed by atoms with Crippen LogP contribution in [0.4, 0.5) is 0 Å². The molecule has 0 saturated carbocycles. The van der Waals surface area contributed by atoms with E-state index >= 15 is 0 Å². The molecule has 0 rings (SSSR count). The molecule has 0 spiro atoms. The Labute approximate surface area is 481 Å². The zero-order chi connectivity index (χ0) is 55.5. The van der Waals surface area contributed by atoms with Crippen LogP contribution in [0.2, 0.25) is 0 Å². The van der Waals surface area contributed by atoms with Crippen LogP contribution in [0.5, 0.6) is 0 Å². The SMILES string of the molecule is CC/C=C\C/C=C\C/C=C\C/C=C\C/C=C\CCCCCCCCCCCCCCCCCCCCCCCC(=O)NC(CO)C(O)/C=C/CC/C=C/CC/C=C/CCCCCCCCCCCCCCCCCCCC. The second-order valence-electron chi connectivity index (χ2n) is 22.8. The van der Waals surface area contributed by atoms with Crippen LogP contribution >= 0.6 is 0 Å². The fraction of sp³-hybridized carbons (Fsp3) is 0.767. The minimum Gasteiger partial charge on any atom is -0.394 e. The number of amides is 1. The van der Waals surface area contributed by atoms with Gasteiger partial charge in [-0.25, -0.2) is 0 Å². The Balaban J connectivity index is 3.50. The summed E-state index contributed by atoms with van der Waals surface area (Å²) >= 11 is 0. The number of nitrogens with one attached hydrogen (secondary N) is 1. The molecule has 3 N–H and O–H groups in total. The molecule has 4 heteroatoms. The monoisotopic (exact) mass is 1070 g/mol. The van der Waals surface area contributed by atoms with Gasteiger partial charge < -0.3 is 15.5 Å². The molecule has 0 aromatic carbocycles. The Morgan fingerprint density at radius 1 is 0.325 bits per heavy atom. The summed E-state index contributed by atoms with van der Waals surface area (Å²) < 4.78 is 0. The Morgan fingerprint density at radius 2 is 0.584 bits per heavy atom. The van der Waals surface area contributed by atoms with E-state index in [2.05, 4.69) is 104 Å². The third-order valence-corrected chi connectivity index (χ3v) is 15.3. The van der Waals surface area contributed by atoms with Gasteiger partial charge in [0.05, 0.1) is 18.8 Å². The van der Waals surface area contributed by atoms with Crippen LogP contribution in [0, 0.1) is 0 Å². The summed E-state index contributed by atoms with van der Waals surface area (Å²) in [5, 5.41) is 23.2. The maximum absolute atomic E-state index is 12.5. The maximum Gasteiger partial charge on any atom is 0.220 e. The van der Waals surface area contributed by atoms with Gasteiger partial charge in [-0.15, -0.1) is 0 Å². The van der Waals surface area contributed by atoms with Crippen molar-refractivity contribution in [1.82, 2.24) is 5.32 Å². The lowest BCUT2D eigenvalue weighted by Crippen LogP contribution is -2.45. The standard InChI is InChI=1S/C73H131NO3/c1-3-5-7-9-11-13-15-17-19-21-23-25-27-29-31-33-34-35-36-37-38-39-40-41-43-45-47-49-51-53-55-57-59-61-63-65-67-69-73(77)74-71(70-75)72(76)68-66-64-62-60-58-56-54-52-50-48-46-44-42-32-30-28-26-24-22-20-18-16-14-12-10-8-6-4-2/h5,7,11,13,17,19,23,25,29,31,50,52,58,60,66,68,71-72,75-76H,3-4,6,8-10,12,14-16,18,20-22,24,26-28,30,32-49,51,53-57,59,61-65,67,69-70H2,1-2H3,(H,74,77)/b7-5-,13-11-,19-17-,25-23-,31-29-,52-50+,60-58+,68-66+. The van der Waals surface area contributed by atoms with Crippen LogP contribution < -0.4 is 5.32 Å². The van der Waals surface area contributed by atoms with Crippen molar-refractivity contribution in [2.45, 2.75) is 353 Å². The quantitative estimate of drug-likeness (QED) is 0.0420. The van der Waals surface area contributed by atoms with E-state index in [4.69, 9.17) is 0 Å². The zero-order valence-corrected chi connectivity index (χ0v) is 51.5. The van der Waals surface area contributed by atoms with E-state index in [0.717, 1.165) is 70.6 Å². The number of carbonyl (C=O) groups excluding carboxylic acids is 1. The zero-order valence-electron chi connectivity index (χ0n) is 51.5. The molecule has 0 aromatic heterocycles. The van der Waals surface area contributed by atoms with Crippen molar-refractivity contribution in [2.75, 3.05) is 6.61 Å². The number of unbranched alkanes of at least 4 members (excludes halogenated alkanes) is 41. The van der Waals surface area contributed by atoms with Crippen LogP contribution in [-0.4, -0.2) is 34.9 Å². The molecule has 0 aliphatic rings. The maximum atomic E-state index is 12.5. The van der Waals surface area contributed by atoms with E-state index in [1.165, 1.54) is 250 Å². The summed E-state index contributed by atoms with van der Waals surface area (Å²) in [5.41, 5.74) is 0. The highest BCUT2D eigenvalue weighted by Crippen LogP contribution is 2.18. The molecule has 0 aliphatic heterocycles. The van der Waals surface area contributed by atoms with Gasteiger partial charge in [-0.2, -0.15) is 0 Å². The molecule has 2 atom stereocenters. The average molecular weight is 1070 g/mol. The molecule has 0 heterocycles. The highest BCUT2D eigenvalue weighted by atomic mass is 16.3. The molecule has 0 radical (unpaired) electrons. The molecule has 77 heavy (non-hydrogen) atoms. The van der Waals surface area contributed by atoms with E-state index < -0.39 is 12.1 Å². The van der Waals surface area contributed by atoms with Crippen molar-refractivity contribution in [2.24, 2.45) is 0 Å². The Hall–Kier alpha value is -2.69. The van der Waals surface area contributed by atoms with Gasteiger partial charge in [0.1, 0.15) is 0 Å². The molecule has 0 aliphatic carbocycles. The van der Waals surface area contributed by atoms with Gasteiger partial charge in [-0.1, -0.05) is 342 Å². The van der Waals surface area contributed by atoms with E-state index in [-0.39, 0.29) is 12.5 Å². The first-order valence-electron chi connectivity index (χ1n) is 34.0. The number of carbonyl (C=O) groups is 1. The van der Waals surface area contributed by atoms with Gasteiger partial charge in [0.25, 0.3) is 0 Å². The Morgan fingerprint density at radius 3 is 0.909 bits per heavy atom. The fourth-order valence-corrected chi connectivity index (χ4v) is 10.2. The number of aliphatic hydroxyl groups excluding tert-OH is 2. The van der Waals surface area contributed by atoms with Crippen molar-refractivity contribution in [3.8, 4) is 0 Å². The first-order valence-corrected chi connectivity index (χ1v) is 34.0. The van der Waals surface area contributed by atoms with Crippen LogP contribution in [0.15, 0.2) is 97.2 Å². The lowest BCUT2D eigenvalue weighted by atomic mass is 10.0. The second-order valence-corrected chi connectivity index (χ2v) is 22.8. The van der Waals surface area contributed by atoms with Crippen molar-refractivity contribution < 1.29 is 15.0 Å². The summed E-state index contributed by atoms with van der Waals surface area (Å²) in [6, 6.07) is -0.650. The van der Waals surface area contributed by atoms with Crippen LogP contribution in [0.3, 0.4) is 0 Å². The molecule has 0 fully saturated rings. The van der Waals surface area contributed by atoms with E-state index in [1.807, 2.05) is 6.08 Å². The predicted molar refractivity (Wildman–Crippen MR) is 345 cm³/mol. The summed E-state index contributed by atoms with van der Waals surface area (Å²) in [7, 11) is 0. The highest BCUT2D eigenvalue weighted by Gasteiger charge is 2.18. The van der Waals surface area contributed by atoms with Gasteiger partial charge in [0, 0.05) is 6.42 Å². The first-order chi connectivity index (χ1) is 38.2. The molecule has 0 saturated heterocycles. The Kier molecular flexibility index (Phi) is 65.2. The fourth-order valence-electron chi connectivity index (χ4n) is 10.2. The molecule has 2 unspecified atom stereocenters. The predicted octanol–water partition coefficient (Wildman–Crippen LogP) is 23.2. The molecule has 0 bridgehead atoms. The van der Waals surface area contributed by atoms with Crippen molar-refractivity contribution in [3.05, 3.63) is 97.2 Å². The van der Waals surface area contributed by atoms with Gasteiger partial charge in [-0.3, -0.25) is 4.79 Å². The smallest absolute Gasteiger partial charge is 0.220 e. The number of aliphatic hydroxyl groups is 2. The average Bonchev–Trinajstić information content (AvgIpc) is 3.43. The van der Waals surface area contributed by atoms with E-state index in [1.54, 1.807) is 6.08 Å². The third-order valence-electron chi connectivity index (χ3n) is 15.3. The number of allylic oxidation sites excluding steroid dienone is 15. The molecular formula is C73H131NO3. The van der Waals surface area contributed by atoms with Gasteiger partial charge in [-0.05, 0) is 89.9 Å². The molecule has 446 valence electrons. The summed E-state index contributed by atoms with van der Waals surface area (Å²) in [5.74, 6) is -0.0746. The Bertz CT molecular complexity index is 1400. The number of hydrogen-bond donors (Lipinski definition) is 3. The number of rotatable bonds is 62. The molecular weight excluding hydrogens is 939 g/mol. The van der Waals surface area contributed by atoms with Crippen LogP contribution in [0.25, 0.3) is 0 Å². The van der Waals surface area contributed by atoms with E-state index in [9.17, 15) is 15.0 Å². The molecule has 0 aromatic rings. The summed E-state index contributed by atoms with van der Waals surface area (Å²) in [4.78, 5) is 12.5. The van der Waals surface area contributed by atoms with E-state index in [0.29, 0.717) is 6.42 Å². The summed E-state index contributed by atoms with van der Waals surface area (Å²) in [6.07, 6.45) is 101. The van der Waals surface area contributed by atoms with Gasteiger partial charge in [0.15, 0.2) is 0 Å². The van der Waals surface area contributed by atoms with Crippen molar-refractivity contribution >= 4 is 5.91 Å². The lowest BCUT2D eigenvalue weighted by molar-refractivity contribution is -0.123. The second kappa shape index (κ2) is 67.6. The number of hydrogen-bond acceptors (Lipinski definition) is 3. The summed E-state index contributed by atoms with van der Waals surface area (Å²) in [6.45, 7) is 4.21. The molecule has 1 amide bonds. The minimum absolute atomic E-state index is 0.0746. The van der Waals surface area contributed by atoms with Crippen molar-refractivity contribution in [3.63, 3.8) is 0 Å². The van der Waals surface area contributed by atoms with Crippen molar-refractivity contribution in [1.29, 1.82) is 0 Å².